The van der Waals surface area contributed by atoms with E-state index in [1.54, 1.807) is 0 Å². The number of amides is 2. The minimum absolute atomic E-state index is 0.297. The predicted molar refractivity (Wildman–Crippen MR) is 92.9 cm³/mol. The molecular weight excluding hydrogens is 308 g/mol. The van der Waals surface area contributed by atoms with Crippen molar-refractivity contribution < 1.29 is 14.7 Å². The largest absolute Gasteiger partial charge is 0.465 e. The van der Waals surface area contributed by atoms with Crippen molar-refractivity contribution in [1.29, 1.82) is 0 Å². The maximum atomic E-state index is 12.2. The molecule has 24 heavy (non-hydrogen) atoms. The number of aromatic amines is 1. The maximum absolute atomic E-state index is 12.2. The average Bonchev–Trinajstić information content (AvgIpc) is 2.97. The summed E-state index contributed by atoms with van der Waals surface area (Å²) >= 11 is 0. The first-order chi connectivity index (χ1) is 11.6. The number of carbonyl (C=O) groups is 2. The fourth-order valence-electron chi connectivity index (χ4n) is 2.69. The molecule has 0 spiro atoms. The van der Waals surface area contributed by atoms with Gasteiger partial charge in [0.2, 0.25) is 5.91 Å². The molecule has 2 rings (SSSR count). The summed E-state index contributed by atoms with van der Waals surface area (Å²) < 4.78 is 0. The molecule has 0 saturated carbocycles. The van der Waals surface area contributed by atoms with Gasteiger partial charge in [0.1, 0.15) is 6.04 Å². The van der Waals surface area contributed by atoms with E-state index < -0.39 is 12.1 Å². The molecule has 0 saturated heterocycles. The highest BCUT2D eigenvalue weighted by Gasteiger charge is 2.19. The number of rotatable bonds is 9. The van der Waals surface area contributed by atoms with Crippen LogP contribution in [0, 0.1) is 0 Å². The van der Waals surface area contributed by atoms with Crippen LogP contribution in [-0.2, 0) is 11.2 Å². The Morgan fingerprint density at radius 1 is 1.25 bits per heavy atom. The summed E-state index contributed by atoms with van der Waals surface area (Å²) in [5.41, 5.74) is 7.61. The van der Waals surface area contributed by atoms with Crippen LogP contribution in [-0.4, -0.2) is 41.2 Å². The van der Waals surface area contributed by atoms with E-state index >= 15 is 0 Å². The van der Waals surface area contributed by atoms with Crippen molar-refractivity contribution >= 4 is 22.9 Å². The van der Waals surface area contributed by atoms with Crippen molar-refractivity contribution in [2.24, 2.45) is 5.73 Å². The number of hydrogen-bond acceptors (Lipinski definition) is 3. The van der Waals surface area contributed by atoms with E-state index in [2.05, 4.69) is 15.6 Å². The van der Waals surface area contributed by atoms with Crippen LogP contribution in [0.15, 0.2) is 30.5 Å². The standard InChI is InChI=1S/C17H24N4O3/c18-9-4-3-7-15(21-17(23)24)16(22)19-10-8-12-11-20-14-6-2-1-5-13(12)14/h1-2,5-6,11,15,20-21H,3-4,7-10,18H2,(H,19,22)(H,23,24)/t15-/m0/s1. The zero-order valence-corrected chi connectivity index (χ0v) is 13.5. The van der Waals surface area contributed by atoms with Gasteiger partial charge in [-0.3, -0.25) is 4.79 Å². The lowest BCUT2D eigenvalue weighted by Gasteiger charge is -2.16. The summed E-state index contributed by atoms with van der Waals surface area (Å²) in [6, 6.07) is 7.24. The number of carboxylic acid groups (broad SMARTS) is 1. The van der Waals surface area contributed by atoms with Crippen LogP contribution in [0.2, 0.25) is 0 Å². The van der Waals surface area contributed by atoms with Crippen LogP contribution in [0.25, 0.3) is 10.9 Å². The first-order valence-corrected chi connectivity index (χ1v) is 8.14. The van der Waals surface area contributed by atoms with Crippen LogP contribution in [0.5, 0.6) is 0 Å². The van der Waals surface area contributed by atoms with Gasteiger partial charge < -0.3 is 26.5 Å². The number of benzene rings is 1. The first kappa shape index (κ1) is 17.8. The number of nitrogens with two attached hydrogens (primary N) is 1. The van der Waals surface area contributed by atoms with E-state index in [0.717, 1.165) is 22.9 Å². The van der Waals surface area contributed by atoms with Gasteiger partial charge in [-0.15, -0.1) is 0 Å². The second-order valence-corrected chi connectivity index (χ2v) is 5.69. The van der Waals surface area contributed by atoms with Gasteiger partial charge in [0.15, 0.2) is 0 Å². The van der Waals surface area contributed by atoms with Crippen molar-refractivity contribution in [3.05, 3.63) is 36.0 Å². The second-order valence-electron chi connectivity index (χ2n) is 5.69. The summed E-state index contributed by atoms with van der Waals surface area (Å²) in [5.74, 6) is -0.297. The van der Waals surface area contributed by atoms with E-state index in [1.165, 1.54) is 0 Å². The van der Waals surface area contributed by atoms with Crippen LogP contribution < -0.4 is 16.4 Å². The molecule has 1 heterocycles. The van der Waals surface area contributed by atoms with Gasteiger partial charge in [0, 0.05) is 23.6 Å². The molecule has 0 radical (unpaired) electrons. The van der Waals surface area contributed by atoms with Crippen molar-refractivity contribution in [3.63, 3.8) is 0 Å². The molecule has 1 aromatic carbocycles. The van der Waals surface area contributed by atoms with Crippen LogP contribution >= 0.6 is 0 Å². The lowest BCUT2D eigenvalue weighted by Crippen LogP contribution is -2.46. The molecule has 6 N–H and O–H groups in total. The lowest BCUT2D eigenvalue weighted by atomic mass is 10.1. The average molecular weight is 332 g/mol. The maximum Gasteiger partial charge on any atom is 0.405 e. The van der Waals surface area contributed by atoms with E-state index in [-0.39, 0.29) is 5.91 Å². The number of fused-ring (bicyclic) bond motifs is 1. The summed E-state index contributed by atoms with van der Waals surface area (Å²) in [5, 5.41) is 15.1. The molecule has 0 unspecified atom stereocenters. The monoisotopic (exact) mass is 332 g/mol. The van der Waals surface area contributed by atoms with E-state index in [9.17, 15) is 9.59 Å². The second kappa shape index (κ2) is 8.93. The van der Waals surface area contributed by atoms with E-state index in [0.29, 0.717) is 32.4 Å². The molecule has 7 nitrogen and oxygen atoms in total. The highest BCUT2D eigenvalue weighted by atomic mass is 16.4. The Kier molecular flexibility index (Phi) is 6.62. The molecule has 7 heteroatoms. The Hall–Kier alpha value is -2.54. The summed E-state index contributed by atoms with van der Waals surface area (Å²) in [6.07, 6.45) is 3.34. The van der Waals surface area contributed by atoms with Gasteiger partial charge in [-0.05, 0) is 43.9 Å². The van der Waals surface area contributed by atoms with Gasteiger partial charge in [-0.2, -0.15) is 0 Å². The zero-order chi connectivity index (χ0) is 17.4. The van der Waals surface area contributed by atoms with Crippen LogP contribution in [0.1, 0.15) is 24.8 Å². The summed E-state index contributed by atoms with van der Waals surface area (Å²) in [6.45, 7) is 0.983. The number of H-pyrrole nitrogens is 1. The third-order valence-electron chi connectivity index (χ3n) is 3.93. The number of nitrogens with one attached hydrogen (secondary N) is 3. The Labute approximate surface area is 140 Å². The molecule has 130 valence electrons. The molecule has 1 atom stereocenters. The SMILES string of the molecule is NCCCC[C@H](NC(=O)O)C(=O)NCCc1c[nH]c2ccccc12. The molecule has 2 amide bonds. The minimum atomic E-state index is -1.19. The molecule has 0 fully saturated rings. The Balaban J connectivity index is 1.86. The third-order valence-corrected chi connectivity index (χ3v) is 3.93. The minimum Gasteiger partial charge on any atom is -0.465 e. The number of hydrogen-bond donors (Lipinski definition) is 5. The van der Waals surface area contributed by atoms with Crippen LogP contribution in [0.3, 0.4) is 0 Å². The normalized spacial score (nSPS) is 12.0. The summed E-state index contributed by atoms with van der Waals surface area (Å²) in [7, 11) is 0. The molecule has 0 bridgehead atoms. The molecule has 0 aliphatic heterocycles. The number of aromatic nitrogens is 1. The fourth-order valence-corrected chi connectivity index (χ4v) is 2.69. The van der Waals surface area contributed by atoms with Crippen molar-refractivity contribution in [2.75, 3.05) is 13.1 Å². The van der Waals surface area contributed by atoms with Crippen molar-refractivity contribution in [1.82, 2.24) is 15.6 Å². The van der Waals surface area contributed by atoms with Gasteiger partial charge in [0.25, 0.3) is 0 Å². The smallest absolute Gasteiger partial charge is 0.405 e. The highest BCUT2D eigenvalue weighted by Crippen LogP contribution is 2.17. The number of unbranched alkanes of at least 4 members (excludes halogenated alkanes) is 1. The van der Waals surface area contributed by atoms with Gasteiger partial charge in [-0.25, -0.2) is 4.79 Å². The third kappa shape index (κ3) is 4.99. The van der Waals surface area contributed by atoms with E-state index in [1.807, 2.05) is 30.5 Å². The summed E-state index contributed by atoms with van der Waals surface area (Å²) in [4.78, 5) is 26.2. The number of carbonyl (C=O) groups excluding carboxylic acids is 1. The molecular formula is C17H24N4O3. The van der Waals surface area contributed by atoms with Crippen molar-refractivity contribution in [2.45, 2.75) is 31.7 Å². The van der Waals surface area contributed by atoms with Gasteiger partial charge in [0.05, 0.1) is 0 Å². The fraction of sp³-hybridized carbons (Fsp3) is 0.412. The highest BCUT2D eigenvalue weighted by molar-refractivity contribution is 5.85. The Morgan fingerprint density at radius 2 is 2.04 bits per heavy atom. The quantitative estimate of drug-likeness (QED) is 0.448. The zero-order valence-electron chi connectivity index (χ0n) is 13.5. The van der Waals surface area contributed by atoms with Crippen LogP contribution in [0.4, 0.5) is 4.79 Å². The number of para-hydroxylation sites is 1. The molecule has 2 aromatic rings. The van der Waals surface area contributed by atoms with Crippen molar-refractivity contribution in [3.8, 4) is 0 Å². The molecule has 1 aromatic heterocycles. The lowest BCUT2D eigenvalue weighted by molar-refractivity contribution is -0.123. The van der Waals surface area contributed by atoms with Gasteiger partial charge >= 0.3 is 6.09 Å². The Morgan fingerprint density at radius 3 is 2.79 bits per heavy atom. The molecule has 0 aliphatic carbocycles. The predicted octanol–water partition coefficient (Wildman–Crippen LogP) is 1.59. The molecule has 0 aliphatic rings. The Bertz CT molecular complexity index is 683. The topological polar surface area (TPSA) is 120 Å². The first-order valence-electron chi connectivity index (χ1n) is 8.14. The van der Waals surface area contributed by atoms with E-state index in [4.69, 9.17) is 10.8 Å². The van der Waals surface area contributed by atoms with Gasteiger partial charge in [-0.1, -0.05) is 18.2 Å².